The van der Waals surface area contributed by atoms with Gasteiger partial charge in [0.25, 0.3) is 0 Å². The number of fused-ring (bicyclic) bond motifs is 1. The van der Waals surface area contributed by atoms with E-state index in [1.807, 2.05) is 0 Å². The lowest BCUT2D eigenvalue weighted by atomic mass is 9.94. The molecule has 1 aromatic rings. The summed E-state index contributed by atoms with van der Waals surface area (Å²) in [6.07, 6.45) is 5.80. The van der Waals surface area contributed by atoms with Crippen LogP contribution in [-0.2, 0) is 19.3 Å². The SMILES string of the molecule is CCc1cc(OC)c2c(n1)CCCC2. The van der Waals surface area contributed by atoms with E-state index in [1.165, 1.54) is 24.1 Å². The lowest BCUT2D eigenvalue weighted by Gasteiger charge is -2.18. The molecule has 1 aliphatic rings. The van der Waals surface area contributed by atoms with Gasteiger partial charge in [0, 0.05) is 23.0 Å². The molecule has 2 rings (SSSR count). The first-order valence-electron chi connectivity index (χ1n) is 5.40. The third-order valence-corrected chi connectivity index (χ3v) is 2.89. The van der Waals surface area contributed by atoms with Crippen molar-refractivity contribution >= 4 is 0 Å². The van der Waals surface area contributed by atoms with Crippen molar-refractivity contribution in [3.8, 4) is 5.75 Å². The van der Waals surface area contributed by atoms with Gasteiger partial charge in [-0.2, -0.15) is 0 Å². The highest BCUT2D eigenvalue weighted by Crippen LogP contribution is 2.29. The first-order chi connectivity index (χ1) is 6.85. The van der Waals surface area contributed by atoms with Crippen LogP contribution in [0.25, 0.3) is 0 Å². The minimum atomic E-state index is 0.990. The van der Waals surface area contributed by atoms with Gasteiger partial charge in [0.15, 0.2) is 0 Å². The van der Waals surface area contributed by atoms with Crippen LogP contribution in [0.4, 0.5) is 0 Å². The number of hydrogen-bond donors (Lipinski definition) is 0. The molecule has 0 saturated heterocycles. The first kappa shape index (κ1) is 9.50. The number of rotatable bonds is 2. The van der Waals surface area contributed by atoms with Crippen molar-refractivity contribution in [3.63, 3.8) is 0 Å². The van der Waals surface area contributed by atoms with Crippen LogP contribution in [0, 0.1) is 0 Å². The van der Waals surface area contributed by atoms with Crippen LogP contribution >= 0.6 is 0 Å². The molecule has 2 heteroatoms. The molecular formula is C12H17NO. The van der Waals surface area contributed by atoms with Crippen LogP contribution in [0.3, 0.4) is 0 Å². The predicted molar refractivity (Wildman–Crippen MR) is 56.8 cm³/mol. The number of hydrogen-bond acceptors (Lipinski definition) is 2. The average molecular weight is 191 g/mol. The summed E-state index contributed by atoms with van der Waals surface area (Å²) >= 11 is 0. The van der Waals surface area contributed by atoms with Crippen molar-refractivity contribution in [1.82, 2.24) is 4.98 Å². The highest BCUT2D eigenvalue weighted by Gasteiger charge is 2.16. The molecule has 0 spiro atoms. The van der Waals surface area contributed by atoms with Gasteiger partial charge in [-0.05, 0) is 32.1 Å². The van der Waals surface area contributed by atoms with Crippen LogP contribution in [-0.4, -0.2) is 12.1 Å². The average Bonchev–Trinajstić information content (AvgIpc) is 2.27. The monoisotopic (exact) mass is 191 g/mol. The van der Waals surface area contributed by atoms with Crippen molar-refractivity contribution in [2.45, 2.75) is 39.0 Å². The Bertz CT molecular complexity index is 316. The van der Waals surface area contributed by atoms with E-state index in [0.29, 0.717) is 0 Å². The molecule has 0 N–H and O–H groups in total. The van der Waals surface area contributed by atoms with Crippen LogP contribution < -0.4 is 4.74 Å². The molecular weight excluding hydrogens is 174 g/mol. The van der Waals surface area contributed by atoms with Gasteiger partial charge in [0.05, 0.1) is 7.11 Å². The largest absolute Gasteiger partial charge is 0.496 e. The van der Waals surface area contributed by atoms with Gasteiger partial charge in [-0.3, -0.25) is 4.98 Å². The van der Waals surface area contributed by atoms with Crippen LogP contribution in [0.1, 0.15) is 36.7 Å². The second kappa shape index (κ2) is 3.99. The van der Waals surface area contributed by atoms with Gasteiger partial charge in [-0.15, -0.1) is 0 Å². The van der Waals surface area contributed by atoms with Gasteiger partial charge in [0.2, 0.25) is 0 Å². The number of aryl methyl sites for hydroxylation is 2. The Morgan fingerprint density at radius 1 is 1.36 bits per heavy atom. The summed E-state index contributed by atoms with van der Waals surface area (Å²) in [6, 6.07) is 2.09. The maximum Gasteiger partial charge on any atom is 0.125 e. The van der Waals surface area contributed by atoms with Gasteiger partial charge in [-0.1, -0.05) is 6.92 Å². The van der Waals surface area contributed by atoms with Crippen LogP contribution in [0.5, 0.6) is 5.75 Å². The fourth-order valence-corrected chi connectivity index (χ4v) is 2.09. The summed E-state index contributed by atoms with van der Waals surface area (Å²) in [5.41, 5.74) is 3.77. The van der Waals surface area contributed by atoms with E-state index in [1.54, 1.807) is 7.11 Å². The summed E-state index contributed by atoms with van der Waals surface area (Å²) in [5, 5.41) is 0. The first-order valence-corrected chi connectivity index (χ1v) is 5.40. The summed E-state index contributed by atoms with van der Waals surface area (Å²) in [5.74, 6) is 1.05. The Balaban J connectivity index is 2.47. The fraction of sp³-hybridized carbons (Fsp3) is 0.583. The van der Waals surface area contributed by atoms with E-state index in [9.17, 15) is 0 Å². The van der Waals surface area contributed by atoms with Gasteiger partial charge in [-0.25, -0.2) is 0 Å². The Morgan fingerprint density at radius 3 is 2.86 bits per heavy atom. The zero-order valence-electron chi connectivity index (χ0n) is 8.97. The normalized spacial score (nSPS) is 15.0. The number of methoxy groups -OCH3 is 1. The Kier molecular flexibility index (Phi) is 2.71. The molecule has 1 aliphatic carbocycles. The van der Waals surface area contributed by atoms with E-state index in [0.717, 1.165) is 30.7 Å². The number of nitrogens with zero attached hydrogens (tertiary/aromatic N) is 1. The van der Waals surface area contributed by atoms with E-state index in [2.05, 4.69) is 18.0 Å². The zero-order chi connectivity index (χ0) is 9.97. The molecule has 14 heavy (non-hydrogen) atoms. The van der Waals surface area contributed by atoms with Crippen molar-refractivity contribution in [3.05, 3.63) is 23.0 Å². The second-order valence-electron chi connectivity index (χ2n) is 3.80. The minimum absolute atomic E-state index is 0.990. The molecule has 0 unspecified atom stereocenters. The lowest BCUT2D eigenvalue weighted by molar-refractivity contribution is 0.404. The van der Waals surface area contributed by atoms with Crippen molar-refractivity contribution < 1.29 is 4.74 Å². The topological polar surface area (TPSA) is 22.1 Å². The van der Waals surface area contributed by atoms with Crippen molar-refractivity contribution in [1.29, 1.82) is 0 Å². The molecule has 0 saturated carbocycles. The predicted octanol–water partition coefficient (Wildman–Crippen LogP) is 2.53. The smallest absolute Gasteiger partial charge is 0.125 e. The van der Waals surface area contributed by atoms with E-state index in [-0.39, 0.29) is 0 Å². The Morgan fingerprint density at radius 2 is 2.14 bits per heavy atom. The summed E-state index contributed by atoms with van der Waals surface area (Å²) in [4.78, 5) is 4.66. The molecule has 0 radical (unpaired) electrons. The van der Waals surface area contributed by atoms with E-state index >= 15 is 0 Å². The second-order valence-corrected chi connectivity index (χ2v) is 3.80. The maximum atomic E-state index is 5.42. The summed E-state index contributed by atoms with van der Waals surface area (Å²) in [7, 11) is 1.75. The standard InChI is InChI=1S/C12H17NO/c1-3-9-8-12(14-2)10-6-4-5-7-11(10)13-9/h8H,3-7H2,1-2H3. The van der Waals surface area contributed by atoms with Crippen molar-refractivity contribution in [2.24, 2.45) is 0 Å². The van der Waals surface area contributed by atoms with Crippen LogP contribution in [0.2, 0.25) is 0 Å². The quantitative estimate of drug-likeness (QED) is 0.716. The molecule has 1 aromatic heterocycles. The molecule has 0 aromatic carbocycles. The summed E-state index contributed by atoms with van der Waals surface area (Å²) in [6.45, 7) is 2.14. The zero-order valence-corrected chi connectivity index (χ0v) is 8.97. The molecule has 0 aliphatic heterocycles. The summed E-state index contributed by atoms with van der Waals surface area (Å²) < 4.78 is 5.42. The number of aromatic nitrogens is 1. The minimum Gasteiger partial charge on any atom is -0.496 e. The highest BCUT2D eigenvalue weighted by molar-refractivity contribution is 5.39. The van der Waals surface area contributed by atoms with Gasteiger partial charge >= 0.3 is 0 Å². The highest BCUT2D eigenvalue weighted by atomic mass is 16.5. The lowest BCUT2D eigenvalue weighted by Crippen LogP contribution is -2.09. The third kappa shape index (κ3) is 1.61. The molecule has 0 amide bonds. The molecule has 0 bridgehead atoms. The molecule has 0 fully saturated rings. The van der Waals surface area contributed by atoms with Crippen molar-refractivity contribution in [2.75, 3.05) is 7.11 Å². The number of ether oxygens (including phenoxy) is 1. The maximum absolute atomic E-state index is 5.42. The van der Waals surface area contributed by atoms with Gasteiger partial charge in [0.1, 0.15) is 5.75 Å². The Labute approximate surface area is 85.3 Å². The van der Waals surface area contributed by atoms with Crippen LogP contribution in [0.15, 0.2) is 6.07 Å². The molecule has 2 nitrogen and oxygen atoms in total. The fourth-order valence-electron chi connectivity index (χ4n) is 2.09. The van der Waals surface area contributed by atoms with E-state index in [4.69, 9.17) is 4.74 Å². The molecule has 76 valence electrons. The Hall–Kier alpha value is -1.05. The van der Waals surface area contributed by atoms with Gasteiger partial charge < -0.3 is 4.74 Å². The molecule has 1 heterocycles. The number of pyridine rings is 1. The van der Waals surface area contributed by atoms with E-state index < -0.39 is 0 Å². The third-order valence-electron chi connectivity index (χ3n) is 2.89. The molecule has 0 atom stereocenters.